The summed E-state index contributed by atoms with van der Waals surface area (Å²) in [7, 11) is 0. The molecule has 0 radical (unpaired) electrons. The molecule has 0 amide bonds. The van der Waals surface area contributed by atoms with Crippen LogP contribution in [0.15, 0.2) is 11.6 Å². The summed E-state index contributed by atoms with van der Waals surface area (Å²) in [6, 6.07) is 0. The van der Waals surface area contributed by atoms with Crippen molar-refractivity contribution in [3.8, 4) is 0 Å². The highest BCUT2D eigenvalue weighted by atomic mass is 16.7. The van der Waals surface area contributed by atoms with Crippen molar-refractivity contribution in [1.29, 1.82) is 0 Å². The van der Waals surface area contributed by atoms with Crippen LogP contribution in [-0.4, -0.2) is 18.5 Å². The van der Waals surface area contributed by atoms with Crippen molar-refractivity contribution >= 4 is 0 Å². The first-order chi connectivity index (χ1) is 8.16. The van der Waals surface area contributed by atoms with E-state index < -0.39 is 5.79 Å². The Bertz CT molecular complexity index is 300. The fraction of sp³-hybridized carbons (Fsp3) is 0.875. The lowest BCUT2D eigenvalue weighted by molar-refractivity contribution is -0.330. The molecule has 1 saturated heterocycles. The first kappa shape index (κ1) is 15.7. The maximum Gasteiger partial charge on any atom is 0.166 e. The standard InChI is InChI=1S/C16H30O2/c1-12(2)9-8-10-16(7)17-11-15(5,6)14(18-16)13(3)4/h9,13-14H,8,10-11H2,1-7H3. The van der Waals surface area contributed by atoms with Crippen LogP contribution in [0.3, 0.4) is 0 Å². The van der Waals surface area contributed by atoms with E-state index in [0.717, 1.165) is 19.4 Å². The van der Waals surface area contributed by atoms with Crippen LogP contribution in [0.2, 0.25) is 0 Å². The molecule has 2 unspecified atom stereocenters. The van der Waals surface area contributed by atoms with Gasteiger partial charge < -0.3 is 9.47 Å². The van der Waals surface area contributed by atoms with Crippen molar-refractivity contribution in [2.45, 2.75) is 73.2 Å². The van der Waals surface area contributed by atoms with Gasteiger partial charge in [-0.15, -0.1) is 0 Å². The predicted octanol–water partition coefficient (Wildman–Crippen LogP) is 4.55. The van der Waals surface area contributed by atoms with Gasteiger partial charge in [0.25, 0.3) is 0 Å². The summed E-state index contributed by atoms with van der Waals surface area (Å²) < 4.78 is 12.3. The zero-order valence-electron chi connectivity index (χ0n) is 13.2. The van der Waals surface area contributed by atoms with Crippen molar-refractivity contribution in [2.75, 3.05) is 6.61 Å². The monoisotopic (exact) mass is 254 g/mol. The average molecular weight is 254 g/mol. The highest BCUT2D eigenvalue weighted by Gasteiger charge is 2.44. The van der Waals surface area contributed by atoms with Gasteiger partial charge in [-0.25, -0.2) is 0 Å². The molecule has 2 heteroatoms. The average Bonchev–Trinajstić information content (AvgIpc) is 2.21. The topological polar surface area (TPSA) is 18.5 Å². The fourth-order valence-electron chi connectivity index (χ4n) is 2.68. The van der Waals surface area contributed by atoms with E-state index in [1.807, 2.05) is 0 Å². The summed E-state index contributed by atoms with van der Waals surface area (Å²) in [6.45, 7) is 16.0. The Morgan fingerprint density at radius 3 is 2.39 bits per heavy atom. The van der Waals surface area contributed by atoms with Crippen LogP contribution in [0.25, 0.3) is 0 Å². The molecule has 0 N–H and O–H groups in total. The molecule has 0 spiro atoms. The van der Waals surface area contributed by atoms with Gasteiger partial charge in [0, 0.05) is 11.8 Å². The third-order valence-electron chi connectivity index (χ3n) is 3.65. The molecule has 0 saturated carbocycles. The van der Waals surface area contributed by atoms with Gasteiger partial charge in [-0.3, -0.25) is 0 Å². The Balaban J connectivity index is 2.66. The van der Waals surface area contributed by atoms with Gasteiger partial charge in [0.05, 0.1) is 12.7 Å². The molecule has 1 aliphatic rings. The molecule has 1 fully saturated rings. The second kappa shape index (κ2) is 5.75. The summed E-state index contributed by atoms with van der Waals surface area (Å²) in [5, 5.41) is 0. The summed E-state index contributed by atoms with van der Waals surface area (Å²) in [5.74, 6) is 0.0998. The van der Waals surface area contributed by atoms with Crippen LogP contribution in [-0.2, 0) is 9.47 Å². The first-order valence-electron chi connectivity index (χ1n) is 7.11. The minimum absolute atomic E-state index is 0.101. The van der Waals surface area contributed by atoms with Crippen LogP contribution < -0.4 is 0 Å². The van der Waals surface area contributed by atoms with Gasteiger partial charge in [0.15, 0.2) is 5.79 Å². The molecule has 1 heterocycles. The van der Waals surface area contributed by atoms with Gasteiger partial charge in [-0.2, -0.15) is 0 Å². The van der Waals surface area contributed by atoms with Crippen LogP contribution in [0.1, 0.15) is 61.3 Å². The number of hydrogen-bond acceptors (Lipinski definition) is 2. The highest BCUT2D eigenvalue weighted by Crippen LogP contribution is 2.40. The zero-order valence-corrected chi connectivity index (χ0v) is 13.2. The Morgan fingerprint density at radius 1 is 1.28 bits per heavy atom. The molecule has 18 heavy (non-hydrogen) atoms. The molecule has 0 aliphatic carbocycles. The number of allylic oxidation sites excluding steroid dienone is 2. The fourth-order valence-corrected chi connectivity index (χ4v) is 2.68. The second-order valence-corrected chi connectivity index (χ2v) is 7.01. The van der Waals surface area contributed by atoms with E-state index in [2.05, 4.69) is 54.5 Å². The molecule has 0 aromatic rings. The van der Waals surface area contributed by atoms with E-state index in [4.69, 9.17) is 9.47 Å². The normalized spacial score (nSPS) is 31.4. The molecule has 0 aromatic heterocycles. The minimum atomic E-state index is -0.420. The smallest absolute Gasteiger partial charge is 0.166 e. The summed E-state index contributed by atoms with van der Waals surface area (Å²) in [4.78, 5) is 0. The number of ether oxygens (including phenoxy) is 2. The maximum absolute atomic E-state index is 6.28. The van der Waals surface area contributed by atoms with Crippen molar-refractivity contribution in [2.24, 2.45) is 11.3 Å². The van der Waals surface area contributed by atoms with Crippen LogP contribution in [0.4, 0.5) is 0 Å². The Hall–Kier alpha value is -0.340. The van der Waals surface area contributed by atoms with E-state index in [1.54, 1.807) is 0 Å². The lowest BCUT2D eigenvalue weighted by atomic mass is 9.80. The zero-order chi connectivity index (χ0) is 14.0. The van der Waals surface area contributed by atoms with Crippen molar-refractivity contribution in [3.63, 3.8) is 0 Å². The van der Waals surface area contributed by atoms with E-state index >= 15 is 0 Å². The predicted molar refractivity (Wildman–Crippen MR) is 76.5 cm³/mol. The van der Waals surface area contributed by atoms with Gasteiger partial charge in [-0.05, 0) is 33.1 Å². The maximum atomic E-state index is 6.28. The van der Waals surface area contributed by atoms with Crippen LogP contribution in [0.5, 0.6) is 0 Å². The summed E-state index contributed by atoms with van der Waals surface area (Å²) >= 11 is 0. The van der Waals surface area contributed by atoms with Crippen molar-refractivity contribution < 1.29 is 9.47 Å². The van der Waals surface area contributed by atoms with Crippen molar-refractivity contribution in [1.82, 2.24) is 0 Å². The molecule has 1 aliphatic heterocycles. The molecule has 0 aromatic carbocycles. The molecule has 2 nitrogen and oxygen atoms in total. The molecular formula is C16H30O2. The highest BCUT2D eigenvalue weighted by molar-refractivity contribution is 4.94. The van der Waals surface area contributed by atoms with E-state index in [-0.39, 0.29) is 11.5 Å². The van der Waals surface area contributed by atoms with Gasteiger partial charge in [-0.1, -0.05) is 39.3 Å². The third kappa shape index (κ3) is 4.10. The van der Waals surface area contributed by atoms with E-state index in [9.17, 15) is 0 Å². The van der Waals surface area contributed by atoms with Gasteiger partial charge in [0.1, 0.15) is 0 Å². The second-order valence-electron chi connectivity index (χ2n) is 7.01. The molecule has 2 atom stereocenters. The van der Waals surface area contributed by atoms with Gasteiger partial charge >= 0.3 is 0 Å². The number of hydrogen-bond donors (Lipinski definition) is 0. The SMILES string of the molecule is CC(C)=CCCC1(C)OCC(C)(C)C(C(C)C)O1. The quantitative estimate of drug-likeness (QED) is 0.685. The Kier molecular flexibility index (Phi) is 5.02. The first-order valence-corrected chi connectivity index (χ1v) is 7.11. The van der Waals surface area contributed by atoms with Crippen LogP contribution >= 0.6 is 0 Å². The third-order valence-corrected chi connectivity index (χ3v) is 3.65. The molecule has 106 valence electrons. The Morgan fingerprint density at radius 2 is 1.89 bits per heavy atom. The van der Waals surface area contributed by atoms with Crippen LogP contribution in [0, 0.1) is 11.3 Å². The van der Waals surface area contributed by atoms with Gasteiger partial charge in [0.2, 0.25) is 0 Å². The molecule has 1 rings (SSSR count). The lowest BCUT2D eigenvalue weighted by Crippen LogP contribution is -2.53. The minimum Gasteiger partial charge on any atom is -0.350 e. The van der Waals surface area contributed by atoms with E-state index in [0.29, 0.717) is 5.92 Å². The molecular weight excluding hydrogens is 224 g/mol. The van der Waals surface area contributed by atoms with Crippen molar-refractivity contribution in [3.05, 3.63) is 11.6 Å². The largest absolute Gasteiger partial charge is 0.350 e. The Labute approximate surface area is 113 Å². The lowest BCUT2D eigenvalue weighted by Gasteiger charge is -2.49. The molecule has 0 bridgehead atoms. The van der Waals surface area contributed by atoms with E-state index in [1.165, 1.54) is 5.57 Å². The summed E-state index contributed by atoms with van der Waals surface area (Å²) in [6.07, 6.45) is 4.46. The number of rotatable bonds is 4. The summed E-state index contributed by atoms with van der Waals surface area (Å²) in [5.41, 5.74) is 1.46.